The number of nitrogens with one attached hydrogen (secondary N) is 1. The third-order valence-electron chi connectivity index (χ3n) is 3.53. The predicted octanol–water partition coefficient (Wildman–Crippen LogP) is 3.44. The highest BCUT2D eigenvalue weighted by molar-refractivity contribution is 9.10. The number of aromatic nitrogens is 3. The van der Waals surface area contributed by atoms with Crippen LogP contribution in [0.3, 0.4) is 0 Å². The fourth-order valence-electron chi connectivity index (χ4n) is 2.15. The lowest BCUT2D eigenvalue weighted by atomic mass is 10.2. The minimum absolute atomic E-state index is 0.142. The number of benzene rings is 1. The molecule has 0 spiro atoms. The Balaban J connectivity index is 1.69. The van der Waals surface area contributed by atoms with E-state index in [0.29, 0.717) is 16.7 Å². The fourth-order valence-corrected chi connectivity index (χ4v) is 3.18. The molecule has 7 nitrogen and oxygen atoms in total. The van der Waals surface area contributed by atoms with Crippen LogP contribution in [-0.4, -0.2) is 26.0 Å². The predicted molar refractivity (Wildman–Crippen MR) is 101 cm³/mol. The number of carbonyl (C=O) groups is 1. The van der Waals surface area contributed by atoms with Crippen molar-refractivity contribution in [3.63, 3.8) is 0 Å². The molecule has 130 valence electrons. The number of anilines is 1. The fraction of sp³-hybridized carbons (Fsp3) is 0.188. The SMILES string of the molecule is Cc1occc1-c1nnc(SC(C)C(=O)Nc2ccc(Br)cc2)n1N. The van der Waals surface area contributed by atoms with Crippen LogP contribution in [0.2, 0.25) is 0 Å². The largest absolute Gasteiger partial charge is 0.469 e. The van der Waals surface area contributed by atoms with Gasteiger partial charge in [-0.25, -0.2) is 4.68 Å². The number of thioether (sulfide) groups is 1. The van der Waals surface area contributed by atoms with E-state index in [4.69, 9.17) is 10.3 Å². The van der Waals surface area contributed by atoms with Gasteiger partial charge < -0.3 is 15.6 Å². The number of carbonyl (C=O) groups excluding carboxylic acids is 1. The van der Waals surface area contributed by atoms with Gasteiger partial charge in [0.25, 0.3) is 0 Å². The number of furan rings is 1. The summed E-state index contributed by atoms with van der Waals surface area (Å²) >= 11 is 4.60. The van der Waals surface area contributed by atoms with Gasteiger partial charge >= 0.3 is 0 Å². The Morgan fingerprint density at radius 3 is 2.68 bits per heavy atom. The molecule has 0 aliphatic heterocycles. The molecule has 0 bridgehead atoms. The highest BCUT2D eigenvalue weighted by Crippen LogP contribution is 2.27. The van der Waals surface area contributed by atoms with Crippen molar-refractivity contribution in [3.8, 4) is 11.4 Å². The maximum absolute atomic E-state index is 12.3. The van der Waals surface area contributed by atoms with Gasteiger partial charge in [-0.2, -0.15) is 0 Å². The van der Waals surface area contributed by atoms with Crippen LogP contribution in [0.15, 0.2) is 50.6 Å². The van der Waals surface area contributed by atoms with Gasteiger partial charge in [-0.05, 0) is 44.2 Å². The molecular formula is C16H16BrN5O2S. The normalized spacial score (nSPS) is 12.1. The number of nitrogens with zero attached hydrogens (tertiary/aromatic N) is 3. The van der Waals surface area contributed by atoms with E-state index in [2.05, 4.69) is 31.4 Å². The highest BCUT2D eigenvalue weighted by atomic mass is 79.9. The molecule has 25 heavy (non-hydrogen) atoms. The second-order valence-electron chi connectivity index (χ2n) is 5.32. The topological polar surface area (TPSA) is 99.0 Å². The summed E-state index contributed by atoms with van der Waals surface area (Å²) in [6, 6.07) is 9.16. The van der Waals surface area contributed by atoms with Crippen molar-refractivity contribution in [2.24, 2.45) is 0 Å². The zero-order valence-electron chi connectivity index (χ0n) is 13.6. The smallest absolute Gasteiger partial charge is 0.237 e. The number of rotatable bonds is 5. The number of nitrogen functional groups attached to an aromatic ring is 1. The number of hydrogen-bond donors (Lipinski definition) is 2. The van der Waals surface area contributed by atoms with Crippen LogP contribution >= 0.6 is 27.7 Å². The average molecular weight is 422 g/mol. The Morgan fingerprint density at radius 2 is 2.04 bits per heavy atom. The standard InChI is InChI=1S/C16H16BrN5O2S/c1-9-13(7-8-24-9)14-20-21-16(22(14)18)25-10(2)15(23)19-12-5-3-11(17)4-6-12/h3-8,10H,18H2,1-2H3,(H,19,23). The molecule has 1 amide bonds. The van der Waals surface area contributed by atoms with Crippen LogP contribution in [0.1, 0.15) is 12.7 Å². The molecule has 3 rings (SSSR count). The third kappa shape index (κ3) is 3.88. The van der Waals surface area contributed by atoms with Crippen molar-refractivity contribution in [1.29, 1.82) is 0 Å². The average Bonchev–Trinajstić information content (AvgIpc) is 3.16. The molecule has 2 aromatic heterocycles. The highest BCUT2D eigenvalue weighted by Gasteiger charge is 2.21. The molecule has 3 N–H and O–H groups in total. The van der Waals surface area contributed by atoms with Crippen molar-refractivity contribution in [2.45, 2.75) is 24.3 Å². The molecule has 0 aliphatic carbocycles. The number of halogens is 1. The first kappa shape index (κ1) is 17.6. The van der Waals surface area contributed by atoms with E-state index in [-0.39, 0.29) is 5.91 Å². The lowest BCUT2D eigenvalue weighted by molar-refractivity contribution is -0.115. The Morgan fingerprint density at radius 1 is 1.32 bits per heavy atom. The van der Waals surface area contributed by atoms with Gasteiger partial charge in [0.15, 0.2) is 5.82 Å². The molecule has 0 aliphatic rings. The van der Waals surface area contributed by atoms with E-state index in [1.165, 1.54) is 16.4 Å². The van der Waals surface area contributed by atoms with Gasteiger partial charge in [0.05, 0.1) is 17.1 Å². The molecule has 1 unspecified atom stereocenters. The summed E-state index contributed by atoms with van der Waals surface area (Å²) in [5.41, 5.74) is 1.50. The molecule has 3 aromatic rings. The van der Waals surface area contributed by atoms with Crippen molar-refractivity contribution >= 4 is 39.3 Å². The number of nitrogens with two attached hydrogens (primary N) is 1. The molecule has 0 fully saturated rings. The van der Waals surface area contributed by atoms with Crippen LogP contribution < -0.4 is 11.2 Å². The molecule has 0 saturated heterocycles. The van der Waals surface area contributed by atoms with Crippen molar-refractivity contribution in [1.82, 2.24) is 14.9 Å². The molecule has 0 saturated carbocycles. The quantitative estimate of drug-likeness (QED) is 0.483. The Hall–Kier alpha value is -2.26. The van der Waals surface area contributed by atoms with Crippen LogP contribution in [0.5, 0.6) is 0 Å². The summed E-state index contributed by atoms with van der Waals surface area (Å²) in [6.07, 6.45) is 1.57. The summed E-state index contributed by atoms with van der Waals surface area (Å²) < 4.78 is 7.58. The lowest BCUT2D eigenvalue weighted by Gasteiger charge is -2.11. The molecule has 0 radical (unpaired) electrons. The van der Waals surface area contributed by atoms with E-state index in [1.807, 2.05) is 31.2 Å². The Bertz CT molecular complexity index is 890. The molecule has 1 atom stereocenters. The summed E-state index contributed by atoms with van der Waals surface area (Å²) in [7, 11) is 0. The molecule has 2 heterocycles. The van der Waals surface area contributed by atoms with Crippen LogP contribution in [0.4, 0.5) is 5.69 Å². The maximum Gasteiger partial charge on any atom is 0.237 e. The van der Waals surface area contributed by atoms with Gasteiger partial charge in [0.2, 0.25) is 11.1 Å². The van der Waals surface area contributed by atoms with Crippen LogP contribution in [0, 0.1) is 6.92 Å². The Labute approximate surface area is 157 Å². The molecule has 9 heteroatoms. The maximum atomic E-state index is 12.3. The number of amides is 1. The van der Waals surface area contributed by atoms with E-state index < -0.39 is 5.25 Å². The van der Waals surface area contributed by atoms with E-state index >= 15 is 0 Å². The van der Waals surface area contributed by atoms with Gasteiger partial charge in [-0.15, -0.1) is 10.2 Å². The Kier molecular flexibility index (Phi) is 5.14. The minimum atomic E-state index is -0.395. The summed E-state index contributed by atoms with van der Waals surface area (Å²) in [5.74, 6) is 7.13. The van der Waals surface area contributed by atoms with Gasteiger partial charge in [0.1, 0.15) is 5.76 Å². The van der Waals surface area contributed by atoms with E-state index in [9.17, 15) is 4.79 Å². The summed E-state index contributed by atoms with van der Waals surface area (Å²) in [4.78, 5) is 12.3. The molecule has 1 aromatic carbocycles. The zero-order valence-corrected chi connectivity index (χ0v) is 16.0. The summed E-state index contributed by atoms with van der Waals surface area (Å²) in [6.45, 7) is 3.61. The first-order valence-electron chi connectivity index (χ1n) is 7.43. The van der Waals surface area contributed by atoms with Crippen LogP contribution in [-0.2, 0) is 4.79 Å². The second kappa shape index (κ2) is 7.32. The van der Waals surface area contributed by atoms with Gasteiger partial charge in [0, 0.05) is 10.2 Å². The lowest BCUT2D eigenvalue weighted by Crippen LogP contribution is -2.23. The van der Waals surface area contributed by atoms with Crippen molar-refractivity contribution in [2.75, 3.05) is 11.2 Å². The minimum Gasteiger partial charge on any atom is -0.469 e. The van der Waals surface area contributed by atoms with E-state index in [1.54, 1.807) is 19.3 Å². The summed E-state index contributed by atoms with van der Waals surface area (Å²) in [5, 5.41) is 11.1. The number of aryl methyl sites for hydroxylation is 1. The monoisotopic (exact) mass is 421 g/mol. The van der Waals surface area contributed by atoms with Crippen molar-refractivity contribution < 1.29 is 9.21 Å². The number of hydrogen-bond acceptors (Lipinski definition) is 6. The van der Waals surface area contributed by atoms with Gasteiger partial charge in [-0.3, -0.25) is 4.79 Å². The first-order chi connectivity index (χ1) is 12.0. The van der Waals surface area contributed by atoms with E-state index in [0.717, 1.165) is 15.7 Å². The second-order valence-corrected chi connectivity index (χ2v) is 7.55. The van der Waals surface area contributed by atoms with Crippen molar-refractivity contribution in [3.05, 3.63) is 46.8 Å². The van der Waals surface area contributed by atoms with Crippen LogP contribution in [0.25, 0.3) is 11.4 Å². The zero-order chi connectivity index (χ0) is 18.0. The third-order valence-corrected chi connectivity index (χ3v) is 5.11. The molecular weight excluding hydrogens is 406 g/mol. The first-order valence-corrected chi connectivity index (χ1v) is 9.11. The van der Waals surface area contributed by atoms with Gasteiger partial charge in [-0.1, -0.05) is 27.7 Å².